The standard InChI is InChI=1S/C25H28N4O5S/c1-3-33-25(32)22-13-15-29(28-22)19-11-9-18(10-12-19)26-24(31)21(14-16-35-2)27-23(30)17-34-20-7-5-4-6-8-20/h4-13,15,21H,3,14,16-17H2,1-2H3,(H,26,31)(H,27,30). The van der Waals surface area contributed by atoms with Crippen LogP contribution in [0.4, 0.5) is 5.69 Å². The molecule has 1 aromatic heterocycles. The molecule has 3 rings (SSSR count). The van der Waals surface area contributed by atoms with Crippen molar-refractivity contribution in [3.05, 3.63) is 72.6 Å². The molecule has 2 amide bonds. The number of rotatable bonds is 12. The number of para-hydroxylation sites is 1. The van der Waals surface area contributed by atoms with E-state index in [2.05, 4.69) is 15.7 Å². The molecule has 9 nitrogen and oxygen atoms in total. The third-order valence-corrected chi connectivity index (χ3v) is 5.49. The third-order valence-electron chi connectivity index (χ3n) is 4.85. The molecule has 10 heteroatoms. The van der Waals surface area contributed by atoms with Crippen molar-refractivity contribution in [1.29, 1.82) is 0 Å². The van der Waals surface area contributed by atoms with E-state index in [0.29, 0.717) is 29.3 Å². The van der Waals surface area contributed by atoms with E-state index in [1.165, 1.54) is 0 Å². The van der Waals surface area contributed by atoms with Gasteiger partial charge in [-0.1, -0.05) is 18.2 Å². The predicted octanol–water partition coefficient (Wildman–Crippen LogP) is 3.30. The third kappa shape index (κ3) is 7.89. The minimum absolute atomic E-state index is 0.181. The summed E-state index contributed by atoms with van der Waals surface area (Å²) in [5.74, 6) is 0.117. The largest absolute Gasteiger partial charge is 0.484 e. The molecule has 2 aromatic carbocycles. The highest BCUT2D eigenvalue weighted by molar-refractivity contribution is 7.98. The number of esters is 1. The molecular weight excluding hydrogens is 468 g/mol. The van der Waals surface area contributed by atoms with Gasteiger partial charge in [-0.05, 0) is 67.8 Å². The van der Waals surface area contributed by atoms with E-state index >= 15 is 0 Å². The predicted molar refractivity (Wildman–Crippen MR) is 135 cm³/mol. The van der Waals surface area contributed by atoms with Crippen LogP contribution < -0.4 is 15.4 Å². The summed E-state index contributed by atoms with van der Waals surface area (Å²) < 4.78 is 12.0. The number of ether oxygens (including phenoxy) is 2. The minimum Gasteiger partial charge on any atom is -0.484 e. The zero-order chi connectivity index (χ0) is 25.0. The van der Waals surface area contributed by atoms with Gasteiger partial charge < -0.3 is 20.1 Å². The number of carbonyl (C=O) groups excluding carboxylic acids is 3. The lowest BCUT2D eigenvalue weighted by Crippen LogP contribution is -2.45. The number of hydrogen-bond donors (Lipinski definition) is 2. The molecule has 0 aliphatic rings. The van der Waals surface area contributed by atoms with E-state index in [-0.39, 0.29) is 30.7 Å². The van der Waals surface area contributed by atoms with E-state index in [4.69, 9.17) is 9.47 Å². The van der Waals surface area contributed by atoms with Crippen LogP contribution in [-0.2, 0) is 14.3 Å². The lowest BCUT2D eigenvalue weighted by atomic mass is 10.2. The van der Waals surface area contributed by atoms with Crippen molar-refractivity contribution in [1.82, 2.24) is 15.1 Å². The number of nitrogens with one attached hydrogen (secondary N) is 2. The molecule has 0 bridgehead atoms. The van der Waals surface area contributed by atoms with E-state index in [1.807, 2.05) is 24.5 Å². The van der Waals surface area contributed by atoms with Gasteiger partial charge in [-0.15, -0.1) is 0 Å². The molecule has 3 aromatic rings. The van der Waals surface area contributed by atoms with E-state index in [1.54, 1.807) is 72.0 Å². The van der Waals surface area contributed by atoms with Crippen LogP contribution in [0.5, 0.6) is 5.75 Å². The van der Waals surface area contributed by atoms with E-state index in [0.717, 1.165) is 0 Å². The van der Waals surface area contributed by atoms with Crippen LogP contribution in [0.3, 0.4) is 0 Å². The molecule has 0 aliphatic carbocycles. The Morgan fingerprint density at radius 2 is 1.80 bits per heavy atom. The highest BCUT2D eigenvalue weighted by Crippen LogP contribution is 2.15. The smallest absolute Gasteiger partial charge is 0.358 e. The first-order chi connectivity index (χ1) is 17.0. The Hall–Kier alpha value is -3.79. The average Bonchev–Trinajstić information content (AvgIpc) is 3.37. The molecule has 1 heterocycles. The zero-order valence-electron chi connectivity index (χ0n) is 19.6. The van der Waals surface area contributed by atoms with Gasteiger partial charge in [-0.2, -0.15) is 16.9 Å². The van der Waals surface area contributed by atoms with Crippen molar-refractivity contribution in [3.8, 4) is 11.4 Å². The zero-order valence-corrected chi connectivity index (χ0v) is 20.4. The van der Waals surface area contributed by atoms with Crippen molar-refractivity contribution in [3.63, 3.8) is 0 Å². The van der Waals surface area contributed by atoms with Crippen molar-refractivity contribution >= 4 is 35.2 Å². The van der Waals surface area contributed by atoms with Crippen LogP contribution in [0, 0.1) is 0 Å². The summed E-state index contributed by atoms with van der Waals surface area (Å²) in [6, 6.07) is 16.9. The summed E-state index contributed by atoms with van der Waals surface area (Å²) in [4.78, 5) is 37.1. The number of nitrogens with zero attached hydrogens (tertiary/aromatic N) is 2. The quantitative estimate of drug-likeness (QED) is 0.370. The molecule has 0 spiro atoms. The summed E-state index contributed by atoms with van der Waals surface area (Å²) in [5.41, 5.74) is 1.50. The van der Waals surface area contributed by atoms with Gasteiger partial charge in [0.05, 0.1) is 12.3 Å². The highest BCUT2D eigenvalue weighted by Gasteiger charge is 2.21. The van der Waals surface area contributed by atoms with Crippen LogP contribution in [-0.4, -0.2) is 58.8 Å². The summed E-state index contributed by atoms with van der Waals surface area (Å²) >= 11 is 1.59. The molecule has 0 saturated heterocycles. The molecule has 0 radical (unpaired) electrons. The molecule has 2 N–H and O–H groups in total. The van der Waals surface area contributed by atoms with Gasteiger partial charge in [0.25, 0.3) is 5.91 Å². The first-order valence-corrected chi connectivity index (χ1v) is 12.5. The van der Waals surface area contributed by atoms with E-state index < -0.39 is 12.0 Å². The van der Waals surface area contributed by atoms with Crippen LogP contribution in [0.1, 0.15) is 23.8 Å². The topological polar surface area (TPSA) is 112 Å². The second-order valence-electron chi connectivity index (χ2n) is 7.41. The van der Waals surface area contributed by atoms with Gasteiger partial charge in [0.1, 0.15) is 11.8 Å². The minimum atomic E-state index is -0.702. The second-order valence-corrected chi connectivity index (χ2v) is 8.39. The Balaban J connectivity index is 1.58. The van der Waals surface area contributed by atoms with Gasteiger partial charge >= 0.3 is 5.97 Å². The number of carbonyl (C=O) groups is 3. The van der Waals surface area contributed by atoms with Gasteiger partial charge in [0.15, 0.2) is 12.3 Å². The van der Waals surface area contributed by atoms with Crippen LogP contribution in [0.2, 0.25) is 0 Å². The summed E-state index contributed by atoms with van der Waals surface area (Å²) in [6.07, 6.45) is 4.08. The van der Waals surface area contributed by atoms with Crippen LogP contribution in [0.15, 0.2) is 66.9 Å². The molecule has 0 aliphatic heterocycles. The monoisotopic (exact) mass is 496 g/mol. The maximum absolute atomic E-state index is 12.9. The Bertz CT molecular complexity index is 1120. The number of hydrogen-bond acceptors (Lipinski definition) is 7. The number of amides is 2. The first kappa shape index (κ1) is 25.8. The van der Waals surface area contributed by atoms with Gasteiger partial charge in [0, 0.05) is 11.9 Å². The number of aromatic nitrogens is 2. The maximum atomic E-state index is 12.9. The van der Waals surface area contributed by atoms with E-state index in [9.17, 15) is 14.4 Å². The molecular formula is C25H28N4O5S. The normalized spacial score (nSPS) is 11.4. The summed E-state index contributed by atoms with van der Waals surface area (Å²) in [5, 5.41) is 9.81. The van der Waals surface area contributed by atoms with Gasteiger partial charge in [0.2, 0.25) is 5.91 Å². The molecule has 0 fully saturated rings. The molecule has 184 valence electrons. The van der Waals surface area contributed by atoms with Crippen molar-refractivity contribution in [2.75, 3.05) is 30.5 Å². The van der Waals surface area contributed by atoms with Crippen LogP contribution >= 0.6 is 11.8 Å². The van der Waals surface area contributed by atoms with Crippen molar-refractivity contribution < 1.29 is 23.9 Å². The lowest BCUT2D eigenvalue weighted by Gasteiger charge is -2.18. The molecule has 1 unspecified atom stereocenters. The molecule has 35 heavy (non-hydrogen) atoms. The number of anilines is 1. The van der Waals surface area contributed by atoms with Crippen LogP contribution in [0.25, 0.3) is 5.69 Å². The fourth-order valence-corrected chi connectivity index (χ4v) is 3.59. The lowest BCUT2D eigenvalue weighted by molar-refractivity contribution is -0.127. The molecule has 1 atom stereocenters. The number of thioether (sulfide) groups is 1. The maximum Gasteiger partial charge on any atom is 0.358 e. The fraction of sp³-hybridized carbons (Fsp3) is 0.280. The van der Waals surface area contributed by atoms with Gasteiger partial charge in [-0.25, -0.2) is 9.48 Å². The Kier molecular flexibility index (Phi) is 9.73. The summed E-state index contributed by atoms with van der Waals surface area (Å²) in [7, 11) is 0. The van der Waals surface area contributed by atoms with Crippen molar-refractivity contribution in [2.45, 2.75) is 19.4 Å². The highest BCUT2D eigenvalue weighted by atomic mass is 32.2. The Labute approximate surface area is 208 Å². The van der Waals surface area contributed by atoms with Gasteiger partial charge in [-0.3, -0.25) is 9.59 Å². The second kappa shape index (κ2) is 13.2. The first-order valence-electron chi connectivity index (χ1n) is 11.1. The fourth-order valence-electron chi connectivity index (χ4n) is 3.11. The SMILES string of the molecule is CCOC(=O)c1ccn(-c2ccc(NC(=O)C(CCSC)NC(=O)COc3ccccc3)cc2)n1. The Morgan fingerprint density at radius 3 is 2.49 bits per heavy atom. The number of benzene rings is 2. The Morgan fingerprint density at radius 1 is 1.06 bits per heavy atom. The average molecular weight is 497 g/mol. The van der Waals surface area contributed by atoms with Crippen molar-refractivity contribution in [2.24, 2.45) is 0 Å². The summed E-state index contributed by atoms with van der Waals surface area (Å²) in [6.45, 7) is 1.83. The molecule has 0 saturated carbocycles.